The summed E-state index contributed by atoms with van der Waals surface area (Å²) in [4.78, 5) is 12.2. The predicted molar refractivity (Wildman–Crippen MR) is 51.5 cm³/mol. The lowest BCUT2D eigenvalue weighted by molar-refractivity contribution is -0.130. The van der Waals surface area contributed by atoms with Gasteiger partial charge in [0.1, 0.15) is 0 Å². The zero-order chi connectivity index (χ0) is 8.81. The van der Waals surface area contributed by atoms with E-state index < -0.39 is 5.97 Å². The van der Waals surface area contributed by atoms with Gasteiger partial charge in [-0.2, -0.15) is 0 Å². The average Bonchev–Trinajstić information content (AvgIpc) is 2.05. The largest absolute Gasteiger partial charge is 0.472 e. The van der Waals surface area contributed by atoms with Crippen LogP contribution in [-0.2, 0) is 4.79 Å². The number of hydrogen-bond acceptors (Lipinski definition) is 3. The molecule has 0 aromatic heterocycles. The van der Waals surface area contributed by atoms with Crippen LogP contribution in [0.2, 0.25) is 0 Å². The summed E-state index contributed by atoms with van der Waals surface area (Å²) in [5.41, 5.74) is 0. The first-order valence-corrected chi connectivity index (χ1v) is 3.94. The summed E-state index contributed by atoms with van der Waals surface area (Å²) in [6.07, 6.45) is 0. The van der Waals surface area contributed by atoms with E-state index in [1.165, 1.54) is 0 Å². The first-order chi connectivity index (χ1) is 5.79. The number of piperazine rings is 1. The Morgan fingerprint density at radius 3 is 2.62 bits per heavy atom. The number of carbonyl (C=O) groups is 1. The highest BCUT2D eigenvalue weighted by Crippen LogP contribution is 1.89. The van der Waals surface area contributed by atoms with Crippen LogP contribution in [0.4, 0.5) is 0 Å². The van der Waals surface area contributed by atoms with Crippen molar-refractivity contribution in [2.75, 3.05) is 32.7 Å². The number of rotatable bonds is 1. The molecule has 1 saturated heterocycles. The lowest BCUT2D eigenvalue weighted by Gasteiger charge is -2.24. The molecule has 1 aliphatic heterocycles. The first-order valence-electron chi connectivity index (χ1n) is 3.94. The Labute approximate surface area is 78.9 Å². The SMILES string of the molecule is C.O=C(O)C#CCN1CCNCC1. The highest BCUT2D eigenvalue weighted by atomic mass is 16.4. The minimum Gasteiger partial charge on any atom is -0.472 e. The van der Waals surface area contributed by atoms with Crippen LogP contribution in [0, 0.1) is 11.8 Å². The van der Waals surface area contributed by atoms with E-state index in [-0.39, 0.29) is 7.43 Å². The first kappa shape index (κ1) is 11.9. The zero-order valence-electron chi connectivity index (χ0n) is 6.84. The Kier molecular flexibility index (Phi) is 5.94. The van der Waals surface area contributed by atoms with Gasteiger partial charge in [-0.05, 0) is 0 Å². The Morgan fingerprint density at radius 1 is 1.46 bits per heavy atom. The Bertz CT molecular complexity index is 211. The summed E-state index contributed by atoms with van der Waals surface area (Å²) in [5.74, 6) is 3.65. The maximum atomic E-state index is 10.0. The van der Waals surface area contributed by atoms with Crippen LogP contribution in [0.25, 0.3) is 0 Å². The minimum atomic E-state index is -1.05. The summed E-state index contributed by atoms with van der Waals surface area (Å²) in [7, 11) is 0. The van der Waals surface area contributed by atoms with E-state index in [1.54, 1.807) is 0 Å². The molecule has 4 heteroatoms. The molecular formula is C9H16N2O2. The predicted octanol–water partition coefficient (Wildman–Crippen LogP) is -0.384. The van der Waals surface area contributed by atoms with E-state index in [2.05, 4.69) is 22.1 Å². The molecule has 0 radical (unpaired) electrons. The molecule has 0 spiro atoms. The van der Waals surface area contributed by atoms with Crippen LogP contribution in [0.5, 0.6) is 0 Å². The van der Waals surface area contributed by atoms with Crippen molar-refractivity contribution in [1.29, 1.82) is 0 Å². The summed E-state index contributed by atoms with van der Waals surface area (Å²) in [6, 6.07) is 0. The van der Waals surface area contributed by atoms with Gasteiger partial charge in [0, 0.05) is 32.1 Å². The molecule has 0 aromatic rings. The Hall–Kier alpha value is -1.05. The summed E-state index contributed by atoms with van der Waals surface area (Å²) in [6.45, 7) is 4.40. The highest BCUT2D eigenvalue weighted by molar-refractivity contribution is 5.86. The van der Waals surface area contributed by atoms with Gasteiger partial charge in [-0.25, -0.2) is 4.79 Å². The van der Waals surface area contributed by atoms with Crippen LogP contribution in [0.1, 0.15) is 7.43 Å². The average molecular weight is 184 g/mol. The van der Waals surface area contributed by atoms with E-state index in [1.807, 2.05) is 0 Å². The number of carboxylic acids is 1. The molecule has 74 valence electrons. The quantitative estimate of drug-likeness (QED) is 0.545. The van der Waals surface area contributed by atoms with Gasteiger partial charge in [-0.15, -0.1) is 0 Å². The summed E-state index contributed by atoms with van der Waals surface area (Å²) >= 11 is 0. The molecule has 0 saturated carbocycles. The topological polar surface area (TPSA) is 52.6 Å². The number of nitrogens with zero attached hydrogens (tertiary/aromatic N) is 1. The number of nitrogens with one attached hydrogen (secondary N) is 1. The maximum absolute atomic E-state index is 10.0. The van der Waals surface area contributed by atoms with E-state index >= 15 is 0 Å². The Balaban J connectivity index is 0.00000144. The van der Waals surface area contributed by atoms with E-state index in [0.717, 1.165) is 26.2 Å². The smallest absolute Gasteiger partial charge is 0.381 e. The third kappa shape index (κ3) is 5.23. The van der Waals surface area contributed by atoms with Crippen LogP contribution in [0.3, 0.4) is 0 Å². The van der Waals surface area contributed by atoms with Gasteiger partial charge < -0.3 is 10.4 Å². The summed E-state index contributed by atoms with van der Waals surface area (Å²) < 4.78 is 0. The van der Waals surface area contributed by atoms with Gasteiger partial charge in [-0.1, -0.05) is 13.3 Å². The minimum absolute atomic E-state index is 0. The lowest BCUT2D eigenvalue weighted by atomic mass is 10.3. The molecule has 1 aliphatic rings. The maximum Gasteiger partial charge on any atom is 0.381 e. The summed E-state index contributed by atoms with van der Waals surface area (Å²) in [5, 5.41) is 11.4. The van der Waals surface area contributed by atoms with E-state index in [0.29, 0.717) is 6.54 Å². The standard InChI is InChI=1S/C8H12N2O2.CH4/c11-8(12)2-1-5-10-6-3-9-4-7-10;/h9H,3-7H2,(H,11,12);1H4. The second kappa shape index (κ2) is 6.46. The van der Waals surface area contributed by atoms with Crippen molar-refractivity contribution in [2.45, 2.75) is 7.43 Å². The number of hydrogen-bond donors (Lipinski definition) is 2. The molecule has 4 nitrogen and oxygen atoms in total. The molecule has 1 rings (SSSR count). The van der Waals surface area contributed by atoms with Gasteiger partial charge in [-0.3, -0.25) is 4.90 Å². The highest BCUT2D eigenvalue weighted by Gasteiger charge is 2.06. The van der Waals surface area contributed by atoms with Crippen molar-refractivity contribution in [2.24, 2.45) is 0 Å². The molecule has 0 amide bonds. The zero-order valence-corrected chi connectivity index (χ0v) is 6.84. The molecule has 1 fully saturated rings. The molecule has 13 heavy (non-hydrogen) atoms. The van der Waals surface area contributed by atoms with Crippen molar-refractivity contribution in [3.63, 3.8) is 0 Å². The molecular weight excluding hydrogens is 168 g/mol. The van der Waals surface area contributed by atoms with Crippen molar-refractivity contribution in [1.82, 2.24) is 10.2 Å². The monoisotopic (exact) mass is 184 g/mol. The van der Waals surface area contributed by atoms with Gasteiger partial charge in [0.15, 0.2) is 0 Å². The van der Waals surface area contributed by atoms with Crippen LogP contribution < -0.4 is 5.32 Å². The molecule has 0 atom stereocenters. The molecule has 1 heterocycles. The molecule has 0 unspecified atom stereocenters. The fraction of sp³-hybridized carbons (Fsp3) is 0.667. The lowest BCUT2D eigenvalue weighted by Crippen LogP contribution is -2.43. The molecule has 0 bridgehead atoms. The number of carboxylic acid groups (broad SMARTS) is 1. The van der Waals surface area contributed by atoms with Crippen molar-refractivity contribution in [3.8, 4) is 11.8 Å². The van der Waals surface area contributed by atoms with E-state index in [4.69, 9.17) is 5.11 Å². The van der Waals surface area contributed by atoms with Gasteiger partial charge in [0.25, 0.3) is 0 Å². The normalized spacial score (nSPS) is 16.6. The fourth-order valence-electron chi connectivity index (χ4n) is 1.10. The number of aliphatic carboxylic acids is 1. The van der Waals surface area contributed by atoms with Crippen molar-refractivity contribution >= 4 is 5.97 Å². The fourth-order valence-corrected chi connectivity index (χ4v) is 1.10. The van der Waals surface area contributed by atoms with Crippen LogP contribution >= 0.6 is 0 Å². The second-order valence-corrected chi connectivity index (χ2v) is 2.63. The van der Waals surface area contributed by atoms with Crippen molar-refractivity contribution in [3.05, 3.63) is 0 Å². The molecule has 0 aliphatic carbocycles. The van der Waals surface area contributed by atoms with Gasteiger partial charge >= 0.3 is 5.97 Å². The van der Waals surface area contributed by atoms with Crippen LogP contribution in [-0.4, -0.2) is 48.7 Å². The molecule has 2 N–H and O–H groups in total. The molecule has 0 aromatic carbocycles. The Morgan fingerprint density at radius 2 is 2.08 bits per heavy atom. The van der Waals surface area contributed by atoms with Crippen molar-refractivity contribution < 1.29 is 9.90 Å². The second-order valence-electron chi connectivity index (χ2n) is 2.63. The van der Waals surface area contributed by atoms with E-state index in [9.17, 15) is 4.79 Å². The third-order valence-electron chi connectivity index (χ3n) is 1.71. The van der Waals surface area contributed by atoms with Crippen LogP contribution in [0.15, 0.2) is 0 Å². The van der Waals surface area contributed by atoms with Gasteiger partial charge in [0.2, 0.25) is 0 Å². The van der Waals surface area contributed by atoms with Gasteiger partial charge in [0.05, 0.1) is 6.54 Å². The third-order valence-corrected chi connectivity index (χ3v) is 1.71.